The fourth-order valence-corrected chi connectivity index (χ4v) is 2.06. The summed E-state index contributed by atoms with van der Waals surface area (Å²) < 4.78 is 18.7. The van der Waals surface area contributed by atoms with Crippen LogP contribution >= 0.6 is 22.9 Å². The van der Waals surface area contributed by atoms with Crippen molar-refractivity contribution in [3.05, 3.63) is 34.0 Å². The first-order valence-electron chi connectivity index (χ1n) is 5.73. The van der Waals surface area contributed by atoms with Gasteiger partial charge in [-0.25, -0.2) is 4.39 Å². The molecule has 2 rings (SSSR count). The highest BCUT2D eigenvalue weighted by Gasteiger charge is 2.08. The first kappa shape index (κ1) is 14.2. The highest BCUT2D eigenvalue weighted by molar-refractivity contribution is 7.13. The van der Waals surface area contributed by atoms with Gasteiger partial charge in [0.2, 0.25) is 0 Å². The monoisotopic (exact) mass is 301 g/mol. The van der Waals surface area contributed by atoms with Crippen LogP contribution in [0.2, 0.25) is 5.02 Å². The lowest BCUT2D eigenvalue weighted by molar-refractivity contribution is 0.467. The number of nitrogens with one attached hydrogen (secondary N) is 1. The van der Waals surface area contributed by atoms with E-state index in [1.54, 1.807) is 6.07 Å². The van der Waals surface area contributed by atoms with Crippen molar-refractivity contribution in [2.45, 2.75) is 26.4 Å². The molecule has 102 valence electrons. The summed E-state index contributed by atoms with van der Waals surface area (Å²) in [6.07, 6.45) is 0. The maximum absolute atomic E-state index is 13.2. The maximum Gasteiger partial charge on any atom is 0.299 e. The Hall–Kier alpha value is -1.24. The molecule has 1 aromatic heterocycles. The average molecular weight is 302 g/mol. The van der Waals surface area contributed by atoms with Gasteiger partial charge in [-0.1, -0.05) is 41.9 Å². The quantitative estimate of drug-likeness (QED) is 0.916. The number of aromatic nitrogens is 2. The molecule has 0 saturated carbocycles. The number of hydrogen-bond acceptors (Lipinski definition) is 5. The van der Waals surface area contributed by atoms with E-state index in [1.807, 2.05) is 0 Å². The highest BCUT2D eigenvalue weighted by atomic mass is 35.5. The topological polar surface area (TPSA) is 47.0 Å². The third kappa shape index (κ3) is 4.12. The Labute approximate surface area is 119 Å². The molecule has 0 saturated heterocycles. The lowest BCUT2D eigenvalue weighted by Crippen LogP contribution is -2.21. The van der Waals surface area contributed by atoms with E-state index in [9.17, 15) is 4.39 Å². The molecule has 0 bridgehead atoms. The Kier molecular flexibility index (Phi) is 4.68. The SMILES string of the molecule is CC(C)NCc1nnc(Oc2ccc(Cl)c(F)c2)s1. The largest absolute Gasteiger partial charge is 0.430 e. The third-order valence-corrected chi connectivity index (χ3v) is 3.31. The van der Waals surface area contributed by atoms with E-state index in [0.29, 0.717) is 23.5 Å². The van der Waals surface area contributed by atoms with Gasteiger partial charge in [0.25, 0.3) is 5.19 Å². The van der Waals surface area contributed by atoms with E-state index < -0.39 is 5.82 Å². The predicted octanol–water partition coefficient (Wildman–Crippen LogP) is 3.62. The second-order valence-corrected chi connectivity index (χ2v) is 5.61. The van der Waals surface area contributed by atoms with Crippen LogP contribution in [-0.4, -0.2) is 16.2 Å². The van der Waals surface area contributed by atoms with E-state index in [0.717, 1.165) is 5.01 Å². The summed E-state index contributed by atoms with van der Waals surface area (Å²) in [6.45, 7) is 4.73. The molecule has 0 radical (unpaired) electrons. The molecule has 0 amide bonds. The van der Waals surface area contributed by atoms with Crippen molar-refractivity contribution in [1.29, 1.82) is 0 Å². The van der Waals surface area contributed by atoms with Gasteiger partial charge in [-0.2, -0.15) is 0 Å². The number of hydrogen-bond donors (Lipinski definition) is 1. The molecule has 4 nitrogen and oxygen atoms in total. The number of rotatable bonds is 5. The molecule has 0 atom stereocenters. The maximum atomic E-state index is 13.2. The molecule has 7 heteroatoms. The van der Waals surface area contributed by atoms with Crippen molar-refractivity contribution in [3.8, 4) is 10.9 Å². The zero-order chi connectivity index (χ0) is 13.8. The Bertz CT molecular complexity index is 562. The van der Waals surface area contributed by atoms with Crippen LogP contribution in [0, 0.1) is 5.82 Å². The Morgan fingerprint density at radius 3 is 2.89 bits per heavy atom. The molecule has 0 aliphatic rings. The predicted molar refractivity (Wildman–Crippen MR) is 73.4 cm³/mol. The van der Waals surface area contributed by atoms with Crippen molar-refractivity contribution < 1.29 is 9.13 Å². The van der Waals surface area contributed by atoms with Crippen LogP contribution in [0.1, 0.15) is 18.9 Å². The van der Waals surface area contributed by atoms with Gasteiger partial charge in [-0.15, -0.1) is 5.10 Å². The van der Waals surface area contributed by atoms with Crippen LogP contribution in [0.25, 0.3) is 0 Å². The van der Waals surface area contributed by atoms with Gasteiger partial charge in [0, 0.05) is 12.1 Å². The minimum absolute atomic E-state index is 0.0615. The van der Waals surface area contributed by atoms with Crippen molar-refractivity contribution in [3.63, 3.8) is 0 Å². The number of benzene rings is 1. The van der Waals surface area contributed by atoms with Crippen LogP contribution in [0.5, 0.6) is 10.9 Å². The van der Waals surface area contributed by atoms with Gasteiger partial charge >= 0.3 is 0 Å². The minimum atomic E-state index is -0.523. The Morgan fingerprint density at radius 1 is 1.42 bits per heavy atom. The third-order valence-electron chi connectivity index (χ3n) is 2.21. The summed E-state index contributed by atoms with van der Waals surface area (Å²) in [5, 5.41) is 12.4. The fraction of sp³-hybridized carbons (Fsp3) is 0.333. The molecular weight excluding hydrogens is 289 g/mol. The van der Waals surface area contributed by atoms with Gasteiger partial charge in [0.1, 0.15) is 16.6 Å². The lowest BCUT2D eigenvalue weighted by atomic mass is 10.3. The molecule has 0 aliphatic heterocycles. The smallest absolute Gasteiger partial charge is 0.299 e. The Balaban J connectivity index is 2.01. The van der Waals surface area contributed by atoms with Crippen molar-refractivity contribution in [2.24, 2.45) is 0 Å². The van der Waals surface area contributed by atoms with Crippen LogP contribution in [0.4, 0.5) is 4.39 Å². The number of nitrogens with zero attached hydrogens (tertiary/aromatic N) is 2. The molecule has 0 fully saturated rings. The first-order valence-corrected chi connectivity index (χ1v) is 6.92. The van der Waals surface area contributed by atoms with Crippen LogP contribution in [0.3, 0.4) is 0 Å². The molecule has 0 unspecified atom stereocenters. The normalized spacial score (nSPS) is 11.0. The molecule has 0 spiro atoms. The van der Waals surface area contributed by atoms with Crippen molar-refractivity contribution in [2.75, 3.05) is 0 Å². The molecule has 0 aliphatic carbocycles. The van der Waals surface area contributed by atoms with Gasteiger partial charge in [-0.3, -0.25) is 0 Å². The van der Waals surface area contributed by atoms with Gasteiger partial charge in [0.15, 0.2) is 0 Å². The van der Waals surface area contributed by atoms with E-state index in [-0.39, 0.29) is 5.02 Å². The zero-order valence-electron chi connectivity index (χ0n) is 10.5. The Morgan fingerprint density at radius 2 is 2.21 bits per heavy atom. The number of halogens is 2. The van der Waals surface area contributed by atoms with Gasteiger partial charge < -0.3 is 10.1 Å². The summed E-state index contributed by atoms with van der Waals surface area (Å²) in [5.41, 5.74) is 0. The minimum Gasteiger partial charge on any atom is -0.430 e. The van der Waals surface area contributed by atoms with Crippen LogP contribution < -0.4 is 10.1 Å². The highest BCUT2D eigenvalue weighted by Crippen LogP contribution is 2.27. The van der Waals surface area contributed by atoms with Crippen LogP contribution in [0.15, 0.2) is 18.2 Å². The van der Waals surface area contributed by atoms with E-state index >= 15 is 0 Å². The standard InChI is InChI=1S/C12H13ClFN3OS/c1-7(2)15-6-11-16-17-12(19-11)18-8-3-4-9(13)10(14)5-8/h3-5,7,15H,6H2,1-2H3. The van der Waals surface area contributed by atoms with E-state index in [4.69, 9.17) is 16.3 Å². The molecule has 1 heterocycles. The van der Waals surface area contributed by atoms with E-state index in [1.165, 1.54) is 23.5 Å². The summed E-state index contributed by atoms with van der Waals surface area (Å²) in [5.74, 6) is -0.174. The second-order valence-electron chi connectivity index (χ2n) is 4.18. The van der Waals surface area contributed by atoms with E-state index in [2.05, 4.69) is 29.4 Å². The van der Waals surface area contributed by atoms with Crippen molar-refractivity contribution in [1.82, 2.24) is 15.5 Å². The molecule has 2 aromatic rings. The fourth-order valence-electron chi connectivity index (χ4n) is 1.28. The zero-order valence-corrected chi connectivity index (χ0v) is 12.1. The van der Waals surface area contributed by atoms with Crippen molar-refractivity contribution >= 4 is 22.9 Å². The summed E-state index contributed by atoms with van der Waals surface area (Å²) in [4.78, 5) is 0. The van der Waals surface area contributed by atoms with Gasteiger partial charge in [0.05, 0.1) is 11.6 Å². The second kappa shape index (κ2) is 6.27. The molecular formula is C12H13ClFN3OS. The average Bonchev–Trinajstić information content (AvgIpc) is 2.79. The molecule has 1 aromatic carbocycles. The summed E-state index contributed by atoms with van der Waals surface area (Å²) >= 11 is 6.91. The summed E-state index contributed by atoms with van der Waals surface area (Å²) in [7, 11) is 0. The van der Waals surface area contributed by atoms with Crippen LogP contribution in [-0.2, 0) is 6.54 Å². The lowest BCUT2D eigenvalue weighted by Gasteiger charge is -2.03. The molecule has 1 N–H and O–H groups in total. The number of ether oxygens (including phenoxy) is 1. The summed E-state index contributed by atoms with van der Waals surface area (Å²) in [6, 6.07) is 4.61. The first-order chi connectivity index (χ1) is 9.04. The molecule has 19 heavy (non-hydrogen) atoms. The van der Waals surface area contributed by atoms with Gasteiger partial charge in [-0.05, 0) is 12.1 Å².